The van der Waals surface area contributed by atoms with Crippen molar-refractivity contribution in [2.24, 2.45) is 11.7 Å². The third kappa shape index (κ3) is 5.66. The molecule has 1 heterocycles. The number of amidine groups is 1. The Kier molecular flexibility index (Phi) is 6.31. The van der Waals surface area contributed by atoms with Crippen LogP contribution in [0.3, 0.4) is 0 Å². The second-order valence-electron chi connectivity index (χ2n) is 6.17. The summed E-state index contributed by atoms with van der Waals surface area (Å²) in [6, 6.07) is 6.86. The Balaban J connectivity index is 1.70. The van der Waals surface area contributed by atoms with Crippen LogP contribution < -0.4 is 11.1 Å². The highest BCUT2D eigenvalue weighted by molar-refractivity contribution is 5.96. The molecule has 1 fully saturated rings. The number of nitrogens with two attached hydrogens (primary N) is 1. The molecule has 1 aromatic rings. The summed E-state index contributed by atoms with van der Waals surface area (Å²) < 4.78 is 0. The SMILES string of the molecule is N=C(N)c1ccc(NC(=O)CCN2CCC(CC(=O)O)CC2)cc1. The van der Waals surface area contributed by atoms with Gasteiger partial charge in [-0.2, -0.15) is 0 Å². The Morgan fingerprint density at radius 2 is 1.88 bits per heavy atom. The van der Waals surface area contributed by atoms with Crippen molar-refractivity contribution in [1.29, 1.82) is 5.41 Å². The first-order valence-corrected chi connectivity index (χ1v) is 8.12. The van der Waals surface area contributed by atoms with E-state index < -0.39 is 5.97 Å². The van der Waals surface area contributed by atoms with E-state index in [2.05, 4.69) is 10.2 Å². The second kappa shape index (κ2) is 8.44. The molecule has 1 aliphatic heterocycles. The number of anilines is 1. The maximum atomic E-state index is 12.0. The Labute approximate surface area is 141 Å². The minimum atomic E-state index is -0.733. The van der Waals surface area contributed by atoms with Gasteiger partial charge in [0.1, 0.15) is 5.84 Å². The van der Waals surface area contributed by atoms with Gasteiger partial charge in [-0.3, -0.25) is 15.0 Å². The predicted octanol–water partition coefficient (Wildman–Crippen LogP) is 1.49. The van der Waals surface area contributed by atoms with E-state index in [0.29, 0.717) is 24.2 Å². The zero-order chi connectivity index (χ0) is 17.5. The Morgan fingerprint density at radius 1 is 1.25 bits per heavy atom. The summed E-state index contributed by atoms with van der Waals surface area (Å²) in [5.41, 5.74) is 6.70. The molecule has 130 valence electrons. The van der Waals surface area contributed by atoms with Gasteiger partial charge in [-0.15, -0.1) is 0 Å². The van der Waals surface area contributed by atoms with Crippen molar-refractivity contribution in [1.82, 2.24) is 4.90 Å². The molecule has 0 atom stereocenters. The van der Waals surface area contributed by atoms with Crippen molar-refractivity contribution in [2.75, 3.05) is 25.0 Å². The van der Waals surface area contributed by atoms with E-state index in [1.807, 2.05) is 0 Å². The largest absolute Gasteiger partial charge is 0.481 e. The minimum Gasteiger partial charge on any atom is -0.481 e. The molecular weight excluding hydrogens is 308 g/mol. The summed E-state index contributed by atoms with van der Waals surface area (Å²) in [6.07, 6.45) is 2.39. The van der Waals surface area contributed by atoms with Gasteiger partial charge < -0.3 is 21.1 Å². The molecule has 0 aliphatic carbocycles. The number of carbonyl (C=O) groups is 2. The van der Waals surface area contributed by atoms with Crippen LogP contribution in [0.1, 0.15) is 31.2 Å². The number of benzene rings is 1. The van der Waals surface area contributed by atoms with Crippen LogP contribution in [0.2, 0.25) is 0 Å². The molecule has 7 nitrogen and oxygen atoms in total. The number of rotatable bonds is 7. The molecular formula is C17H24N4O3. The van der Waals surface area contributed by atoms with Crippen LogP contribution in [0.25, 0.3) is 0 Å². The first-order valence-electron chi connectivity index (χ1n) is 8.12. The third-order valence-electron chi connectivity index (χ3n) is 4.31. The molecule has 1 saturated heterocycles. The van der Waals surface area contributed by atoms with Gasteiger partial charge in [-0.05, 0) is 56.1 Å². The van der Waals surface area contributed by atoms with Gasteiger partial charge in [0.2, 0.25) is 5.91 Å². The molecule has 1 aliphatic rings. The number of hydrogen-bond donors (Lipinski definition) is 4. The van der Waals surface area contributed by atoms with E-state index >= 15 is 0 Å². The van der Waals surface area contributed by atoms with E-state index in [9.17, 15) is 9.59 Å². The lowest BCUT2D eigenvalue weighted by Gasteiger charge is -2.31. The van der Waals surface area contributed by atoms with E-state index in [-0.39, 0.29) is 24.1 Å². The fourth-order valence-electron chi connectivity index (χ4n) is 2.88. The Morgan fingerprint density at radius 3 is 2.42 bits per heavy atom. The zero-order valence-corrected chi connectivity index (χ0v) is 13.6. The highest BCUT2D eigenvalue weighted by atomic mass is 16.4. The number of carboxylic acid groups (broad SMARTS) is 1. The highest BCUT2D eigenvalue weighted by Gasteiger charge is 2.21. The van der Waals surface area contributed by atoms with Crippen LogP contribution in [-0.4, -0.2) is 47.4 Å². The number of carbonyl (C=O) groups excluding carboxylic acids is 1. The quantitative estimate of drug-likeness (QED) is 0.445. The third-order valence-corrected chi connectivity index (χ3v) is 4.31. The topological polar surface area (TPSA) is 120 Å². The normalized spacial score (nSPS) is 15.8. The van der Waals surface area contributed by atoms with Crippen LogP contribution in [0.4, 0.5) is 5.69 Å². The van der Waals surface area contributed by atoms with E-state index in [1.54, 1.807) is 24.3 Å². The number of amides is 1. The van der Waals surface area contributed by atoms with Gasteiger partial charge in [0.15, 0.2) is 0 Å². The van der Waals surface area contributed by atoms with Gasteiger partial charge in [0.25, 0.3) is 0 Å². The van der Waals surface area contributed by atoms with Crippen molar-refractivity contribution in [3.8, 4) is 0 Å². The van der Waals surface area contributed by atoms with Crippen LogP contribution in [0.5, 0.6) is 0 Å². The predicted molar refractivity (Wildman–Crippen MR) is 92.1 cm³/mol. The number of hydrogen-bond acceptors (Lipinski definition) is 4. The van der Waals surface area contributed by atoms with Crippen LogP contribution >= 0.6 is 0 Å². The number of piperidine rings is 1. The van der Waals surface area contributed by atoms with Crippen LogP contribution in [0, 0.1) is 11.3 Å². The first-order chi connectivity index (χ1) is 11.4. The van der Waals surface area contributed by atoms with Crippen LogP contribution in [-0.2, 0) is 9.59 Å². The number of carboxylic acids is 1. The molecule has 0 radical (unpaired) electrons. The van der Waals surface area contributed by atoms with Crippen molar-refractivity contribution < 1.29 is 14.7 Å². The summed E-state index contributed by atoms with van der Waals surface area (Å²) in [4.78, 5) is 24.9. The molecule has 0 aromatic heterocycles. The van der Waals surface area contributed by atoms with E-state index in [4.69, 9.17) is 16.2 Å². The Bertz CT molecular complexity index is 592. The van der Waals surface area contributed by atoms with Gasteiger partial charge >= 0.3 is 5.97 Å². The summed E-state index contributed by atoms with van der Waals surface area (Å²) in [5, 5.41) is 19.0. The Hall–Kier alpha value is -2.41. The molecule has 0 saturated carbocycles. The average molecular weight is 332 g/mol. The summed E-state index contributed by atoms with van der Waals surface area (Å²) in [5.74, 6) is -0.534. The fourth-order valence-corrected chi connectivity index (χ4v) is 2.88. The molecule has 1 amide bonds. The van der Waals surface area contributed by atoms with Gasteiger partial charge in [-0.1, -0.05) is 0 Å². The van der Waals surface area contributed by atoms with E-state index in [1.165, 1.54) is 0 Å². The molecule has 0 spiro atoms. The second-order valence-corrected chi connectivity index (χ2v) is 6.17. The lowest BCUT2D eigenvalue weighted by molar-refractivity contribution is -0.138. The zero-order valence-electron chi connectivity index (χ0n) is 13.6. The number of aliphatic carboxylic acids is 1. The molecule has 2 rings (SSSR count). The summed E-state index contributed by atoms with van der Waals surface area (Å²) in [6.45, 7) is 2.37. The number of likely N-dealkylation sites (tertiary alicyclic amines) is 1. The standard InChI is InChI=1S/C17H24N4O3/c18-17(19)13-1-3-14(4-2-13)20-15(22)7-10-21-8-5-12(6-9-21)11-16(23)24/h1-4,12H,5-11H2,(H3,18,19)(H,20,22)(H,23,24). The first kappa shape index (κ1) is 17.9. The van der Waals surface area contributed by atoms with Crippen molar-refractivity contribution >= 4 is 23.4 Å². The smallest absolute Gasteiger partial charge is 0.303 e. The number of nitrogen functional groups attached to an aromatic ring is 1. The number of nitrogens with zero attached hydrogens (tertiary/aromatic N) is 1. The van der Waals surface area contributed by atoms with Gasteiger partial charge in [0.05, 0.1) is 0 Å². The van der Waals surface area contributed by atoms with Gasteiger partial charge in [-0.25, -0.2) is 0 Å². The molecule has 24 heavy (non-hydrogen) atoms. The number of nitrogens with one attached hydrogen (secondary N) is 2. The molecule has 1 aromatic carbocycles. The van der Waals surface area contributed by atoms with Crippen molar-refractivity contribution in [2.45, 2.75) is 25.7 Å². The lowest BCUT2D eigenvalue weighted by Crippen LogP contribution is -2.36. The summed E-state index contributed by atoms with van der Waals surface area (Å²) >= 11 is 0. The maximum Gasteiger partial charge on any atom is 0.303 e. The van der Waals surface area contributed by atoms with Crippen LogP contribution in [0.15, 0.2) is 24.3 Å². The highest BCUT2D eigenvalue weighted by Crippen LogP contribution is 2.20. The van der Waals surface area contributed by atoms with Crippen molar-refractivity contribution in [3.63, 3.8) is 0 Å². The van der Waals surface area contributed by atoms with Gasteiger partial charge in [0, 0.05) is 30.6 Å². The van der Waals surface area contributed by atoms with E-state index in [0.717, 1.165) is 25.9 Å². The van der Waals surface area contributed by atoms with Crippen molar-refractivity contribution in [3.05, 3.63) is 29.8 Å². The molecule has 7 heteroatoms. The molecule has 0 unspecified atom stereocenters. The maximum absolute atomic E-state index is 12.0. The average Bonchev–Trinajstić information content (AvgIpc) is 2.54. The minimum absolute atomic E-state index is 0.000762. The monoisotopic (exact) mass is 332 g/mol. The fraction of sp³-hybridized carbons (Fsp3) is 0.471. The summed E-state index contributed by atoms with van der Waals surface area (Å²) in [7, 11) is 0. The molecule has 5 N–H and O–H groups in total. The lowest BCUT2D eigenvalue weighted by atomic mass is 9.93. The molecule has 0 bridgehead atoms.